The van der Waals surface area contributed by atoms with Gasteiger partial charge in [-0.2, -0.15) is 4.31 Å². The van der Waals surface area contributed by atoms with Gasteiger partial charge in [-0.25, -0.2) is 13.4 Å². The molecule has 0 aliphatic heterocycles. The van der Waals surface area contributed by atoms with Crippen LogP contribution in [0.1, 0.15) is 27.7 Å². The largest absolute Gasteiger partial charge is 0.340 e. The fourth-order valence-electron chi connectivity index (χ4n) is 2.56. The van der Waals surface area contributed by atoms with Crippen LogP contribution in [-0.2, 0) is 10.0 Å². The first-order valence-electron chi connectivity index (χ1n) is 7.74. The molecular weight excluding hydrogens is 437 g/mol. The Labute approximate surface area is 157 Å². The number of sulfonamides is 1. The zero-order valence-corrected chi connectivity index (χ0v) is 17.2. The molecule has 24 heavy (non-hydrogen) atoms. The van der Waals surface area contributed by atoms with Crippen molar-refractivity contribution in [2.45, 2.75) is 44.7 Å². The molecule has 0 spiro atoms. The molecule has 1 aromatic heterocycles. The van der Waals surface area contributed by atoms with Crippen molar-refractivity contribution in [1.82, 2.24) is 9.29 Å². The maximum atomic E-state index is 12.8. The first kappa shape index (κ1) is 19.1. The third-order valence-corrected chi connectivity index (χ3v) is 6.40. The molecule has 0 aliphatic carbocycles. The number of halogens is 1. The number of hydrogen-bond donors (Lipinski definition) is 1. The molecule has 1 aromatic carbocycles. The molecule has 0 bridgehead atoms. The first-order valence-corrected chi connectivity index (χ1v) is 10.3. The van der Waals surface area contributed by atoms with E-state index in [9.17, 15) is 8.42 Å². The van der Waals surface area contributed by atoms with Gasteiger partial charge in [-0.3, -0.25) is 0 Å². The Morgan fingerprint density at radius 2 is 1.58 bits per heavy atom. The summed E-state index contributed by atoms with van der Waals surface area (Å²) in [6.07, 6.45) is 1.40. The quantitative estimate of drug-likeness (QED) is 0.657. The van der Waals surface area contributed by atoms with E-state index < -0.39 is 10.0 Å². The molecule has 7 heteroatoms. The molecule has 2 aromatic rings. The average molecular weight is 459 g/mol. The van der Waals surface area contributed by atoms with Gasteiger partial charge in [0.1, 0.15) is 10.7 Å². The molecule has 1 N–H and O–H groups in total. The average Bonchev–Trinajstić information content (AvgIpc) is 2.49. The number of hydrogen-bond acceptors (Lipinski definition) is 4. The van der Waals surface area contributed by atoms with Gasteiger partial charge < -0.3 is 5.32 Å². The van der Waals surface area contributed by atoms with Gasteiger partial charge in [-0.05, 0) is 86.7 Å². The van der Waals surface area contributed by atoms with Crippen molar-refractivity contribution in [1.29, 1.82) is 0 Å². The highest BCUT2D eigenvalue weighted by molar-refractivity contribution is 14.1. The number of rotatable bonds is 6. The Hall–Kier alpha value is -1.19. The van der Waals surface area contributed by atoms with Gasteiger partial charge in [0.25, 0.3) is 0 Å². The smallest absolute Gasteiger partial charge is 0.245 e. The highest BCUT2D eigenvalue weighted by Crippen LogP contribution is 2.22. The van der Waals surface area contributed by atoms with Gasteiger partial charge in [0.15, 0.2) is 0 Å². The third-order valence-electron chi connectivity index (χ3n) is 3.45. The van der Waals surface area contributed by atoms with Gasteiger partial charge in [0.2, 0.25) is 10.0 Å². The molecular formula is C17H22IN3O2S. The Bertz CT molecular complexity index is 764. The predicted molar refractivity (Wildman–Crippen MR) is 106 cm³/mol. The van der Waals surface area contributed by atoms with Crippen LogP contribution in [0.2, 0.25) is 0 Å². The fraction of sp³-hybridized carbons (Fsp3) is 0.353. The zero-order valence-electron chi connectivity index (χ0n) is 14.2. The molecule has 0 radical (unpaired) electrons. The number of aromatic nitrogens is 1. The Balaban J connectivity index is 2.23. The summed E-state index contributed by atoms with van der Waals surface area (Å²) in [5.41, 5.74) is 0.907. The van der Waals surface area contributed by atoms with Gasteiger partial charge in [-0.1, -0.05) is 0 Å². The summed E-state index contributed by atoms with van der Waals surface area (Å²) in [6, 6.07) is 10.9. The Morgan fingerprint density at radius 1 is 1.00 bits per heavy atom. The standard InChI is InChI=1S/C17H22IN3O2S/c1-12(2)21(13(3)4)24(22,23)16-9-10-17(19-11-16)20-15-7-5-14(18)6-8-15/h5-13H,1-4H3,(H,19,20). The van der Waals surface area contributed by atoms with E-state index in [1.807, 2.05) is 52.0 Å². The molecule has 1 heterocycles. The van der Waals surface area contributed by atoms with Crippen molar-refractivity contribution in [3.8, 4) is 0 Å². The van der Waals surface area contributed by atoms with E-state index in [-0.39, 0.29) is 17.0 Å². The van der Waals surface area contributed by atoms with Gasteiger partial charge in [-0.15, -0.1) is 0 Å². The second kappa shape index (κ2) is 7.79. The van der Waals surface area contributed by atoms with Crippen molar-refractivity contribution in [2.75, 3.05) is 5.32 Å². The molecule has 0 amide bonds. The van der Waals surface area contributed by atoms with Crippen molar-refractivity contribution in [2.24, 2.45) is 0 Å². The molecule has 0 saturated carbocycles. The summed E-state index contributed by atoms with van der Waals surface area (Å²) in [4.78, 5) is 4.45. The van der Waals surface area contributed by atoms with Crippen LogP contribution in [0.5, 0.6) is 0 Å². The second-order valence-corrected chi connectivity index (χ2v) is 9.12. The second-order valence-electron chi connectivity index (χ2n) is 6.03. The van der Waals surface area contributed by atoms with E-state index in [1.54, 1.807) is 12.1 Å². The van der Waals surface area contributed by atoms with E-state index in [0.717, 1.165) is 9.26 Å². The summed E-state index contributed by atoms with van der Waals surface area (Å²) in [7, 11) is -3.55. The van der Waals surface area contributed by atoms with Crippen LogP contribution >= 0.6 is 22.6 Å². The summed E-state index contributed by atoms with van der Waals surface area (Å²) in [6.45, 7) is 7.49. The van der Waals surface area contributed by atoms with E-state index in [4.69, 9.17) is 0 Å². The van der Waals surface area contributed by atoms with Crippen LogP contribution in [0.25, 0.3) is 0 Å². The Kier molecular flexibility index (Phi) is 6.22. The van der Waals surface area contributed by atoms with Crippen LogP contribution in [0.15, 0.2) is 47.5 Å². The molecule has 0 saturated heterocycles. The molecule has 5 nitrogen and oxygen atoms in total. The van der Waals surface area contributed by atoms with Crippen LogP contribution in [0.3, 0.4) is 0 Å². The van der Waals surface area contributed by atoms with Crippen molar-refractivity contribution < 1.29 is 8.42 Å². The van der Waals surface area contributed by atoms with Gasteiger partial charge >= 0.3 is 0 Å². The number of benzene rings is 1. The molecule has 0 atom stereocenters. The topological polar surface area (TPSA) is 62.3 Å². The number of pyridine rings is 1. The van der Waals surface area contributed by atoms with Gasteiger partial charge in [0.05, 0.1) is 0 Å². The lowest BCUT2D eigenvalue weighted by atomic mass is 10.3. The van der Waals surface area contributed by atoms with Crippen molar-refractivity contribution >= 4 is 44.1 Å². The predicted octanol–water partition coefficient (Wildman–Crippen LogP) is 4.24. The zero-order chi connectivity index (χ0) is 17.9. The van der Waals surface area contributed by atoms with E-state index in [2.05, 4.69) is 32.9 Å². The minimum atomic E-state index is -3.55. The minimum Gasteiger partial charge on any atom is -0.340 e. The Morgan fingerprint density at radius 3 is 2.04 bits per heavy atom. The van der Waals surface area contributed by atoms with Crippen molar-refractivity contribution in [3.05, 3.63) is 46.2 Å². The number of nitrogens with one attached hydrogen (secondary N) is 1. The maximum absolute atomic E-state index is 12.8. The van der Waals surface area contributed by atoms with E-state index in [0.29, 0.717) is 5.82 Å². The molecule has 0 fully saturated rings. The maximum Gasteiger partial charge on any atom is 0.245 e. The molecule has 130 valence electrons. The minimum absolute atomic E-state index is 0.111. The highest BCUT2D eigenvalue weighted by atomic mass is 127. The third kappa shape index (κ3) is 4.46. The normalized spacial score (nSPS) is 12.2. The highest BCUT2D eigenvalue weighted by Gasteiger charge is 2.29. The fourth-order valence-corrected chi connectivity index (χ4v) is 4.70. The summed E-state index contributed by atoms with van der Waals surface area (Å²) >= 11 is 2.24. The first-order chi connectivity index (χ1) is 11.2. The number of anilines is 2. The van der Waals surface area contributed by atoms with Crippen LogP contribution in [0.4, 0.5) is 11.5 Å². The van der Waals surface area contributed by atoms with Gasteiger partial charge in [0, 0.05) is 27.5 Å². The lowest BCUT2D eigenvalue weighted by Gasteiger charge is -2.29. The number of nitrogens with zero attached hydrogens (tertiary/aromatic N) is 2. The molecule has 0 aliphatic rings. The summed E-state index contributed by atoms with van der Waals surface area (Å²) < 4.78 is 28.2. The summed E-state index contributed by atoms with van der Waals surface area (Å²) in [5, 5.41) is 3.16. The van der Waals surface area contributed by atoms with E-state index >= 15 is 0 Å². The van der Waals surface area contributed by atoms with Crippen molar-refractivity contribution in [3.63, 3.8) is 0 Å². The van der Waals surface area contributed by atoms with Crippen LogP contribution < -0.4 is 5.32 Å². The van der Waals surface area contributed by atoms with Crippen LogP contribution in [-0.4, -0.2) is 29.8 Å². The van der Waals surface area contributed by atoms with Crippen LogP contribution in [0, 0.1) is 3.57 Å². The molecule has 2 rings (SSSR count). The monoisotopic (exact) mass is 459 g/mol. The molecule has 0 unspecified atom stereocenters. The lowest BCUT2D eigenvalue weighted by Crippen LogP contribution is -2.41. The SMILES string of the molecule is CC(C)N(C(C)C)S(=O)(=O)c1ccc(Nc2ccc(I)cc2)nc1. The van der Waals surface area contributed by atoms with E-state index in [1.165, 1.54) is 10.5 Å². The lowest BCUT2D eigenvalue weighted by molar-refractivity contribution is 0.302. The summed E-state index contributed by atoms with van der Waals surface area (Å²) in [5.74, 6) is 0.607.